The highest BCUT2D eigenvalue weighted by Crippen LogP contribution is 2.19. The van der Waals surface area contributed by atoms with Crippen LogP contribution < -0.4 is 0 Å². The van der Waals surface area contributed by atoms with E-state index in [1.807, 2.05) is 6.92 Å². The van der Waals surface area contributed by atoms with Crippen LogP contribution in [0.25, 0.3) is 0 Å². The van der Waals surface area contributed by atoms with E-state index >= 15 is 0 Å². The van der Waals surface area contributed by atoms with Crippen LogP contribution in [-0.4, -0.2) is 34.3 Å². The quantitative estimate of drug-likeness (QED) is 0.562. The van der Waals surface area contributed by atoms with Gasteiger partial charge in [-0.2, -0.15) is 0 Å². The van der Waals surface area contributed by atoms with E-state index in [0.717, 1.165) is 0 Å². The minimum atomic E-state index is -0.843. The molecule has 1 aliphatic rings. The van der Waals surface area contributed by atoms with Gasteiger partial charge in [-0.3, -0.25) is 19.3 Å². The number of imide groups is 1. The monoisotopic (exact) mass is 227 g/mol. The largest absolute Gasteiger partial charge is 0.481 e. The Morgan fingerprint density at radius 3 is 2.38 bits per heavy atom. The molecular formula is C11H17NO4. The lowest BCUT2D eigenvalue weighted by Gasteiger charge is -2.28. The van der Waals surface area contributed by atoms with Gasteiger partial charge in [0.05, 0.1) is 0 Å². The van der Waals surface area contributed by atoms with Gasteiger partial charge in [-0.05, 0) is 18.8 Å². The number of hydrogen-bond donors (Lipinski definition) is 1. The first-order valence-electron chi connectivity index (χ1n) is 5.55. The highest BCUT2D eigenvalue weighted by molar-refractivity contribution is 5.97. The summed E-state index contributed by atoms with van der Waals surface area (Å²) in [5, 5.41) is 8.44. The van der Waals surface area contributed by atoms with E-state index < -0.39 is 5.97 Å². The molecule has 1 N–H and O–H groups in total. The molecule has 0 saturated carbocycles. The molecule has 2 amide bonds. The number of carbonyl (C=O) groups is 3. The molecule has 1 heterocycles. The number of aliphatic carboxylic acids is 1. The number of rotatable bonds is 5. The zero-order chi connectivity index (χ0) is 12.1. The fourth-order valence-corrected chi connectivity index (χ4v) is 1.82. The summed E-state index contributed by atoms with van der Waals surface area (Å²) in [4.78, 5) is 34.6. The Morgan fingerprint density at radius 2 is 1.88 bits per heavy atom. The molecule has 0 unspecified atom stereocenters. The predicted octanol–water partition coefficient (Wildman–Crippen LogP) is 1.03. The van der Waals surface area contributed by atoms with Crippen molar-refractivity contribution < 1.29 is 19.5 Å². The van der Waals surface area contributed by atoms with E-state index in [4.69, 9.17) is 5.11 Å². The lowest BCUT2D eigenvalue weighted by atomic mass is 9.97. The maximum atomic E-state index is 11.5. The average Bonchev–Trinajstić information content (AvgIpc) is 2.14. The molecule has 1 fully saturated rings. The number of carboxylic acids is 1. The van der Waals surface area contributed by atoms with Crippen LogP contribution in [0.5, 0.6) is 0 Å². The third kappa shape index (κ3) is 3.64. The molecular weight excluding hydrogens is 210 g/mol. The van der Waals surface area contributed by atoms with Crippen molar-refractivity contribution in [3.8, 4) is 0 Å². The molecule has 0 bridgehead atoms. The molecule has 16 heavy (non-hydrogen) atoms. The van der Waals surface area contributed by atoms with Crippen LogP contribution in [0.2, 0.25) is 0 Å². The van der Waals surface area contributed by atoms with Crippen molar-refractivity contribution in [2.45, 2.75) is 39.0 Å². The summed E-state index contributed by atoms with van der Waals surface area (Å²) in [6.45, 7) is 2.25. The number of piperidine rings is 1. The summed E-state index contributed by atoms with van der Waals surface area (Å²) in [5.74, 6) is -0.960. The normalized spacial score (nSPS) is 17.9. The molecule has 0 aliphatic carbocycles. The maximum Gasteiger partial charge on any atom is 0.303 e. The van der Waals surface area contributed by atoms with Crippen molar-refractivity contribution >= 4 is 17.8 Å². The number of likely N-dealkylation sites (tertiary alicyclic amines) is 1. The number of carbonyl (C=O) groups excluding carboxylic acids is 2. The van der Waals surface area contributed by atoms with Gasteiger partial charge in [0.2, 0.25) is 11.8 Å². The lowest BCUT2D eigenvalue weighted by Crippen LogP contribution is -2.43. The second-order valence-electron chi connectivity index (χ2n) is 4.30. The van der Waals surface area contributed by atoms with Crippen LogP contribution in [0, 0.1) is 5.92 Å². The van der Waals surface area contributed by atoms with Gasteiger partial charge in [0.15, 0.2) is 0 Å². The van der Waals surface area contributed by atoms with Crippen molar-refractivity contribution in [3.05, 3.63) is 0 Å². The molecule has 0 atom stereocenters. The summed E-state index contributed by atoms with van der Waals surface area (Å²) >= 11 is 0. The topological polar surface area (TPSA) is 74.7 Å². The van der Waals surface area contributed by atoms with Gasteiger partial charge >= 0.3 is 5.97 Å². The first kappa shape index (κ1) is 12.7. The second-order valence-corrected chi connectivity index (χ2v) is 4.30. The van der Waals surface area contributed by atoms with Gasteiger partial charge in [0, 0.05) is 25.8 Å². The Morgan fingerprint density at radius 1 is 1.31 bits per heavy atom. The van der Waals surface area contributed by atoms with Gasteiger partial charge in [-0.1, -0.05) is 6.92 Å². The van der Waals surface area contributed by atoms with Crippen LogP contribution in [0.1, 0.15) is 39.0 Å². The first-order chi connectivity index (χ1) is 7.50. The number of nitrogens with zero attached hydrogens (tertiary/aromatic N) is 1. The van der Waals surface area contributed by atoms with Crippen LogP contribution in [-0.2, 0) is 14.4 Å². The summed E-state index contributed by atoms with van der Waals surface area (Å²) in [7, 11) is 0. The molecule has 1 rings (SSSR count). The Balaban J connectivity index is 2.33. The summed E-state index contributed by atoms with van der Waals surface area (Å²) in [5.41, 5.74) is 0. The van der Waals surface area contributed by atoms with Crippen molar-refractivity contribution in [1.82, 2.24) is 4.90 Å². The van der Waals surface area contributed by atoms with E-state index in [1.165, 1.54) is 4.90 Å². The van der Waals surface area contributed by atoms with Crippen molar-refractivity contribution in [3.63, 3.8) is 0 Å². The SMILES string of the molecule is CC1CC(=O)N(CCCCC(=O)O)C(=O)C1. The molecule has 0 aromatic rings. The summed E-state index contributed by atoms with van der Waals surface area (Å²) < 4.78 is 0. The van der Waals surface area contributed by atoms with Crippen molar-refractivity contribution in [2.75, 3.05) is 6.54 Å². The van der Waals surface area contributed by atoms with E-state index in [1.54, 1.807) is 0 Å². The fourth-order valence-electron chi connectivity index (χ4n) is 1.82. The summed E-state index contributed by atoms with van der Waals surface area (Å²) in [6, 6.07) is 0. The van der Waals surface area contributed by atoms with Gasteiger partial charge in [0.1, 0.15) is 0 Å². The Bertz CT molecular complexity index is 282. The third-order valence-electron chi connectivity index (χ3n) is 2.67. The van der Waals surface area contributed by atoms with E-state index in [2.05, 4.69) is 0 Å². The van der Waals surface area contributed by atoms with E-state index in [-0.39, 0.29) is 24.2 Å². The highest BCUT2D eigenvalue weighted by Gasteiger charge is 2.29. The number of unbranched alkanes of at least 4 members (excludes halogenated alkanes) is 1. The molecule has 5 heteroatoms. The number of carboxylic acid groups (broad SMARTS) is 1. The van der Waals surface area contributed by atoms with Gasteiger partial charge in [-0.25, -0.2) is 0 Å². The zero-order valence-corrected chi connectivity index (χ0v) is 9.44. The number of hydrogen-bond acceptors (Lipinski definition) is 3. The second kappa shape index (κ2) is 5.63. The molecule has 0 aromatic carbocycles. The van der Waals surface area contributed by atoms with Gasteiger partial charge in [0.25, 0.3) is 0 Å². The van der Waals surface area contributed by atoms with Gasteiger partial charge in [-0.15, -0.1) is 0 Å². The summed E-state index contributed by atoms with van der Waals surface area (Å²) in [6.07, 6.45) is 2.00. The third-order valence-corrected chi connectivity index (χ3v) is 2.67. The standard InChI is InChI=1S/C11H17NO4/c1-8-6-9(13)12(10(14)7-8)5-3-2-4-11(15)16/h8H,2-7H2,1H3,(H,15,16). The van der Waals surface area contributed by atoms with Crippen LogP contribution >= 0.6 is 0 Å². The molecule has 1 aliphatic heterocycles. The molecule has 5 nitrogen and oxygen atoms in total. The molecule has 0 spiro atoms. The van der Waals surface area contributed by atoms with Gasteiger partial charge < -0.3 is 5.11 Å². The fraction of sp³-hybridized carbons (Fsp3) is 0.727. The Kier molecular flexibility index (Phi) is 4.46. The first-order valence-corrected chi connectivity index (χ1v) is 5.55. The van der Waals surface area contributed by atoms with Crippen molar-refractivity contribution in [2.24, 2.45) is 5.92 Å². The molecule has 0 radical (unpaired) electrons. The Hall–Kier alpha value is -1.39. The van der Waals surface area contributed by atoms with E-state index in [0.29, 0.717) is 32.2 Å². The predicted molar refractivity (Wildman–Crippen MR) is 56.6 cm³/mol. The lowest BCUT2D eigenvalue weighted by molar-refractivity contribution is -0.149. The smallest absolute Gasteiger partial charge is 0.303 e. The van der Waals surface area contributed by atoms with Crippen LogP contribution in [0.15, 0.2) is 0 Å². The zero-order valence-electron chi connectivity index (χ0n) is 9.44. The molecule has 1 saturated heterocycles. The highest BCUT2D eigenvalue weighted by atomic mass is 16.4. The van der Waals surface area contributed by atoms with Crippen LogP contribution in [0.3, 0.4) is 0 Å². The molecule has 90 valence electrons. The average molecular weight is 227 g/mol. The van der Waals surface area contributed by atoms with Crippen molar-refractivity contribution in [1.29, 1.82) is 0 Å². The molecule has 0 aromatic heterocycles. The number of amides is 2. The Labute approximate surface area is 94.4 Å². The minimum Gasteiger partial charge on any atom is -0.481 e. The maximum absolute atomic E-state index is 11.5. The minimum absolute atomic E-state index is 0.0899. The van der Waals surface area contributed by atoms with E-state index in [9.17, 15) is 14.4 Å². The van der Waals surface area contributed by atoms with Crippen LogP contribution in [0.4, 0.5) is 0 Å².